The lowest BCUT2D eigenvalue weighted by Crippen LogP contribution is -1.96. The molecule has 2 N–H and O–H groups in total. The molecule has 1 aromatic heterocycles. The number of thioether (sulfide) groups is 1. The monoisotopic (exact) mass is 239 g/mol. The van der Waals surface area contributed by atoms with Crippen LogP contribution in [-0.2, 0) is 6.54 Å². The second-order valence-electron chi connectivity index (χ2n) is 3.06. The second kappa shape index (κ2) is 4.63. The number of nitrogens with two attached hydrogens (primary N) is 1. The van der Waals surface area contributed by atoms with Gasteiger partial charge in [0.15, 0.2) is 0 Å². The number of rotatable bonds is 3. The van der Waals surface area contributed by atoms with E-state index in [4.69, 9.17) is 10.3 Å². The van der Waals surface area contributed by atoms with E-state index in [1.54, 1.807) is 12.1 Å². The Morgan fingerprint density at radius 2 is 2.31 bits per heavy atom. The van der Waals surface area contributed by atoms with Gasteiger partial charge in [-0.05, 0) is 24.5 Å². The normalized spacial score (nSPS) is 10.7. The van der Waals surface area contributed by atoms with Crippen LogP contribution in [0, 0.1) is 5.82 Å². The van der Waals surface area contributed by atoms with Crippen LogP contribution in [0.5, 0.6) is 0 Å². The van der Waals surface area contributed by atoms with Crippen LogP contribution in [0.2, 0.25) is 0 Å². The van der Waals surface area contributed by atoms with Crippen LogP contribution in [0.4, 0.5) is 4.39 Å². The van der Waals surface area contributed by atoms with Gasteiger partial charge in [-0.3, -0.25) is 0 Å². The predicted octanol–water partition coefficient (Wildman–Crippen LogP) is 2.06. The van der Waals surface area contributed by atoms with E-state index in [9.17, 15) is 4.39 Å². The van der Waals surface area contributed by atoms with E-state index in [2.05, 4.69) is 10.1 Å². The van der Waals surface area contributed by atoms with E-state index < -0.39 is 0 Å². The number of aromatic nitrogens is 2. The first kappa shape index (κ1) is 11.1. The molecule has 0 bridgehead atoms. The van der Waals surface area contributed by atoms with Crippen LogP contribution in [0.15, 0.2) is 27.6 Å². The van der Waals surface area contributed by atoms with Crippen LogP contribution in [0.3, 0.4) is 0 Å². The van der Waals surface area contributed by atoms with Crippen LogP contribution in [-0.4, -0.2) is 16.4 Å². The molecule has 2 rings (SSSR count). The molecule has 16 heavy (non-hydrogen) atoms. The van der Waals surface area contributed by atoms with E-state index >= 15 is 0 Å². The third-order valence-electron chi connectivity index (χ3n) is 2.06. The minimum Gasteiger partial charge on any atom is -0.338 e. The molecule has 1 heterocycles. The van der Waals surface area contributed by atoms with E-state index in [1.807, 2.05) is 6.26 Å². The SMILES string of the molecule is CSc1ccc(F)c(-c2noc(CN)n2)c1. The molecule has 0 unspecified atom stereocenters. The number of hydrogen-bond acceptors (Lipinski definition) is 5. The van der Waals surface area contributed by atoms with Crippen molar-refractivity contribution in [1.29, 1.82) is 0 Å². The molecule has 4 nitrogen and oxygen atoms in total. The Labute approximate surface area is 96.0 Å². The third-order valence-corrected chi connectivity index (χ3v) is 2.78. The van der Waals surface area contributed by atoms with Gasteiger partial charge in [0.05, 0.1) is 12.1 Å². The van der Waals surface area contributed by atoms with Gasteiger partial charge >= 0.3 is 0 Å². The highest BCUT2D eigenvalue weighted by Gasteiger charge is 2.12. The van der Waals surface area contributed by atoms with Crippen molar-refractivity contribution in [1.82, 2.24) is 10.1 Å². The Bertz CT molecular complexity index is 501. The lowest BCUT2D eigenvalue weighted by Gasteiger charge is -2.00. The second-order valence-corrected chi connectivity index (χ2v) is 3.94. The van der Waals surface area contributed by atoms with E-state index in [0.29, 0.717) is 11.5 Å². The van der Waals surface area contributed by atoms with Gasteiger partial charge in [0.25, 0.3) is 0 Å². The van der Waals surface area contributed by atoms with Crippen molar-refractivity contribution in [2.24, 2.45) is 5.73 Å². The van der Waals surface area contributed by atoms with Crippen molar-refractivity contribution in [2.75, 3.05) is 6.26 Å². The fourth-order valence-electron chi connectivity index (χ4n) is 1.25. The van der Waals surface area contributed by atoms with E-state index in [-0.39, 0.29) is 18.2 Å². The topological polar surface area (TPSA) is 64.9 Å². The predicted molar refractivity (Wildman–Crippen MR) is 59.4 cm³/mol. The third kappa shape index (κ3) is 2.07. The van der Waals surface area contributed by atoms with Gasteiger partial charge < -0.3 is 10.3 Å². The molecular weight excluding hydrogens is 229 g/mol. The standard InChI is InChI=1S/C10H10FN3OS/c1-16-6-2-3-8(11)7(4-6)10-13-9(5-12)15-14-10/h2-4H,5,12H2,1H3. The molecule has 0 radical (unpaired) electrons. The molecule has 1 aromatic carbocycles. The van der Waals surface area contributed by atoms with Gasteiger partial charge in [-0.1, -0.05) is 5.16 Å². The Morgan fingerprint density at radius 3 is 2.94 bits per heavy atom. The maximum Gasteiger partial charge on any atom is 0.240 e. The zero-order chi connectivity index (χ0) is 11.5. The van der Waals surface area contributed by atoms with Crippen LogP contribution in [0.1, 0.15) is 5.89 Å². The highest BCUT2D eigenvalue weighted by atomic mass is 32.2. The largest absolute Gasteiger partial charge is 0.338 e. The minimum atomic E-state index is -0.373. The van der Waals surface area contributed by atoms with Gasteiger partial charge in [0, 0.05) is 4.90 Å². The highest BCUT2D eigenvalue weighted by molar-refractivity contribution is 7.98. The molecule has 0 saturated heterocycles. The van der Waals surface area contributed by atoms with E-state index in [1.165, 1.54) is 17.8 Å². The Balaban J connectivity index is 2.45. The van der Waals surface area contributed by atoms with Gasteiger partial charge in [0.1, 0.15) is 5.82 Å². The Morgan fingerprint density at radius 1 is 1.50 bits per heavy atom. The molecule has 0 amide bonds. The molecule has 0 atom stereocenters. The number of benzene rings is 1. The maximum atomic E-state index is 13.5. The summed E-state index contributed by atoms with van der Waals surface area (Å²) in [7, 11) is 0. The van der Waals surface area contributed by atoms with Crippen LogP contribution in [0.25, 0.3) is 11.4 Å². The highest BCUT2D eigenvalue weighted by Crippen LogP contribution is 2.25. The van der Waals surface area contributed by atoms with Crippen LogP contribution < -0.4 is 5.73 Å². The van der Waals surface area contributed by atoms with Crippen molar-refractivity contribution >= 4 is 11.8 Å². The van der Waals surface area contributed by atoms with E-state index in [0.717, 1.165) is 4.90 Å². The molecule has 0 aliphatic heterocycles. The minimum absolute atomic E-state index is 0.150. The summed E-state index contributed by atoms with van der Waals surface area (Å²) in [4.78, 5) is 4.92. The summed E-state index contributed by atoms with van der Waals surface area (Å²) in [6.07, 6.45) is 1.92. The number of halogens is 1. The number of hydrogen-bond donors (Lipinski definition) is 1. The zero-order valence-corrected chi connectivity index (χ0v) is 9.42. The molecule has 2 aromatic rings. The van der Waals surface area contributed by atoms with Gasteiger partial charge in [-0.2, -0.15) is 4.98 Å². The van der Waals surface area contributed by atoms with Gasteiger partial charge in [0.2, 0.25) is 11.7 Å². The first-order valence-electron chi connectivity index (χ1n) is 4.61. The van der Waals surface area contributed by atoms with Crippen molar-refractivity contribution in [2.45, 2.75) is 11.4 Å². The summed E-state index contributed by atoms with van der Waals surface area (Å²) < 4.78 is 18.4. The summed E-state index contributed by atoms with van der Waals surface area (Å²) in [6.45, 7) is 0.150. The lowest BCUT2D eigenvalue weighted by molar-refractivity contribution is 0.380. The smallest absolute Gasteiger partial charge is 0.240 e. The molecule has 0 aliphatic carbocycles. The molecule has 0 saturated carbocycles. The van der Waals surface area contributed by atoms with Crippen molar-refractivity contribution < 1.29 is 8.91 Å². The average molecular weight is 239 g/mol. The zero-order valence-electron chi connectivity index (χ0n) is 8.61. The quantitative estimate of drug-likeness (QED) is 0.830. The summed E-state index contributed by atoms with van der Waals surface area (Å²) in [5.41, 5.74) is 5.67. The first-order chi connectivity index (χ1) is 7.74. The first-order valence-corrected chi connectivity index (χ1v) is 5.83. The van der Waals surface area contributed by atoms with Crippen molar-refractivity contribution in [3.05, 3.63) is 29.9 Å². The Hall–Kier alpha value is -1.40. The summed E-state index contributed by atoms with van der Waals surface area (Å²) in [5, 5.41) is 3.68. The lowest BCUT2D eigenvalue weighted by atomic mass is 10.2. The average Bonchev–Trinajstić information content (AvgIpc) is 2.78. The molecule has 6 heteroatoms. The van der Waals surface area contributed by atoms with Crippen molar-refractivity contribution in [3.63, 3.8) is 0 Å². The molecular formula is C10H10FN3OS. The number of nitrogens with zero attached hydrogens (tertiary/aromatic N) is 2. The molecule has 84 valence electrons. The summed E-state index contributed by atoms with van der Waals surface area (Å²) in [6, 6.07) is 4.78. The Kier molecular flexibility index (Phi) is 3.21. The summed E-state index contributed by atoms with van der Waals surface area (Å²) in [5.74, 6) is 0.153. The maximum absolute atomic E-state index is 13.5. The summed E-state index contributed by atoms with van der Waals surface area (Å²) >= 11 is 1.52. The van der Waals surface area contributed by atoms with Crippen molar-refractivity contribution in [3.8, 4) is 11.4 Å². The van der Waals surface area contributed by atoms with Crippen LogP contribution >= 0.6 is 11.8 Å². The van der Waals surface area contributed by atoms with Gasteiger partial charge in [-0.15, -0.1) is 11.8 Å². The fourth-order valence-corrected chi connectivity index (χ4v) is 1.69. The molecule has 0 fully saturated rings. The molecule has 0 aliphatic rings. The fraction of sp³-hybridized carbons (Fsp3) is 0.200. The molecule has 0 spiro atoms. The van der Waals surface area contributed by atoms with Gasteiger partial charge in [-0.25, -0.2) is 4.39 Å².